The van der Waals surface area contributed by atoms with Crippen LogP contribution in [0.25, 0.3) is 0 Å². The fourth-order valence-electron chi connectivity index (χ4n) is 1.27. The van der Waals surface area contributed by atoms with E-state index in [-0.39, 0.29) is 18.4 Å². The molecule has 1 rings (SSSR count). The van der Waals surface area contributed by atoms with Gasteiger partial charge in [0, 0.05) is 26.1 Å². The quantitative estimate of drug-likeness (QED) is 0.670. The minimum Gasteiger partial charge on any atom is -0.354 e. The smallest absolute Gasteiger partial charge is 0.317 e. The molecule has 1 aliphatic carbocycles. The van der Waals surface area contributed by atoms with Crippen LogP contribution in [0.15, 0.2) is 0 Å². The first-order valence-corrected chi connectivity index (χ1v) is 5.55. The molecule has 1 fully saturated rings. The average Bonchev–Trinajstić information content (AvgIpc) is 3.06. The summed E-state index contributed by atoms with van der Waals surface area (Å²) < 4.78 is 23.9. The first-order valence-electron chi connectivity index (χ1n) is 5.55. The Bertz CT molecular complexity index is 283. The lowest BCUT2D eigenvalue weighted by Gasteiger charge is -2.17. The number of carbonyl (C=O) groups is 2. The zero-order valence-electron chi connectivity index (χ0n) is 9.71. The summed E-state index contributed by atoms with van der Waals surface area (Å²) in [5, 5.41) is 5.10. The van der Waals surface area contributed by atoms with E-state index in [4.69, 9.17) is 0 Å². The molecule has 1 aliphatic rings. The minimum atomic E-state index is -2.54. The van der Waals surface area contributed by atoms with Crippen molar-refractivity contribution >= 4 is 11.9 Å². The van der Waals surface area contributed by atoms with Gasteiger partial charge in [0.2, 0.25) is 5.91 Å². The molecule has 0 aliphatic heterocycles. The number of nitrogens with zero attached hydrogens (tertiary/aromatic N) is 1. The number of urea groups is 1. The van der Waals surface area contributed by atoms with Gasteiger partial charge in [0.05, 0.1) is 6.54 Å². The van der Waals surface area contributed by atoms with Crippen molar-refractivity contribution in [2.24, 2.45) is 5.92 Å². The summed E-state index contributed by atoms with van der Waals surface area (Å²) >= 11 is 0. The fourth-order valence-corrected chi connectivity index (χ4v) is 1.27. The van der Waals surface area contributed by atoms with Crippen LogP contribution in [0, 0.1) is 5.92 Å². The van der Waals surface area contributed by atoms with E-state index < -0.39 is 19.0 Å². The summed E-state index contributed by atoms with van der Waals surface area (Å²) in [6.45, 7) is -0.0330. The predicted molar refractivity (Wildman–Crippen MR) is 57.8 cm³/mol. The molecule has 0 aromatic carbocycles. The van der Waals surface area contributed by atoms with E-state index in [1.54, 1.807) is 0 Å². The maximum atomic E-state index is 12.0. The summed E-state index contributed by atoms with van der Waals surface area (Å²) in [5.74, 6) is 0.132. The number of amides is 3. The van der Waals surface area contributed by atoms with E-state index in [0.717, 1.165) is 17.7 Å². The molecule has 17 heavy (non-hydrogen) atoms. The summed E-state index contributed by atoms with van der Waals surface area (Å²) in [6, 6.07) is -0.564. The molecule has 7 heteroatoms. The van der Waals surface area contributed by atoms with Crippen molar-refractivity contribution in [3.8, 4) is 0 Å². The Balaban J connectivity index is 2.04. The molecule has 1 saturated carbocycles. The van der Waals surface area contributed by atoms with E-state index in [2.05, 4.69) is 10.6 Å². The van der Waals surface area contributed by atoms with Gasteiger partial charge in [-0.05, 0) is 12.8 Å². The van der Waals surface area contributed by atoms with Crippen molar-refractivity contribution in [1.82, 2.24) is 15.5 Å². The van der Waals surface area contributed by atoms with Crippen LogP contribution < -0.4 is 10.6 Å². The lowest BCUT2D eigenvalue weighted by molar-refractivity contribution is -0.122. The number of hydrogen-bond acceptors (Lipinski definition) is 2. The maximum Gasteiger partial charge on any atom is 0.317 e. The second-order valence-corrected chi connectivity index (χ2v) is 4.07. The van der Waals surface area contributed by atoms with Gasteiger partial charge >= 0.3 is 6.03 Å². The van der Waals surface area contributed by atoms with Gasteiger partial charge in [0.15, 0.2) is 0 Å². The van der Waals surface area contributed by atoms with Crippen molar-refractivity contribution in [3.05, 3.63) is 0 Å². The molecular formula is C10H17F2N3O2. The van der Waals surface area contributed by atoms with E-state index in [9.17, 15) is 18.4 Å². The first kappa shape index (κ1) is 13.7. The molecule has 98 valence electrons. The second-order valence-electron chi connectivity index (χ2n) is 4.07. The van der Waals surface area contributed by atoms with Crippen molar-refractivity contribution < 1.29 is 18.4 Å². The van der Waals surface area contributed by atoms with Crippen LogP contribution in [0.1, 0.15) is 12.8 Å². The molecular weight excluding hydrogens is 232 g/mol. The molecule has 0 aromatic heterocycles. The monoisotopic (exact) mass is 249 g/mol. The molecule has 0 aromatic rings. The molecule has 0 spiro atoms. The van der Waals surface area contributed by atoms with Crippen LogP contribution in [0.5, 0.6) is 0 Å². The zero-order valence-corrected chi connectivity index (χ0v) is 9.71. The van der Waals surface area contributed by atoms with Gasteiger partial charge < -0.3 is 15.5 Å². The van der Waals surface area contributed by atoms with Gasteiger partial charge in [-0.3, -0.25) is 4.79 Å². The Morgan fingerprint density at radius 1 is 1.29 bits per heavy atom. The van der Waals surface area contributed by atoms with Crippen LogP contribution in [0.2, 0.25) is 0 Å². The number of nitrogens with one attached hydrogen (secondary N) is 2. The van der Waals surface area contributed by atoms with E-state index in [0.29, 0.717) is 6.54 Å². The Morgan fingerprint density at radius 3 is 2.41 bits per heavy atom. The van der Waals surface area contributed by atoms with Gasteiger partial charge in [-0.2, -0.15) is 0 Å². The first-order chi connectivity index (χ1) is 8.00. The largest absolute Gasteiger partial charge is 0.354 e. The highest BCUT2D eigenvalue weighted by Crippen LogP contribution is 2.28. The van der Waals surface area contributed by atoms with Gasteiger partial charge in [0.1, 0.15) is 0 Å². The van der Waals surface area contributed by atoms with Gasteiger partial charge in [0.25, 0.3) is 6.43 Å². The van der Waals surface area contributed by atoms with Crippen molar-refractivity contribution in [2.45, 2.75) is 19.3 Å². The third kappa shape index (κ3) is 5.46. The number of carbonyl (C=O) groups excluding carboxylic acids is 2. The molecule has 0 atom stereocenters. The molecule has 5 nitrogen and oxygen atoms in total. The van der Waals surface area contributed by atoms with Crippen LogP contribution in [-0.4, -0.2) is 49.9 Å². The maximum absolute atomic E-state index is 12.0. The SMILES string of the molecule is CN(CC(F)F)C(=O)NCCNC(=O)C1CC1. The van der Waals surface area contributed by atoms with E-state index >= 15 is 0 Å². The Morgan fingerprint density at radius 2 is 1.88 bits per heavy atom. The molecule has 0 heterocycles. The molecule has 0 unspecified atom stereocenters. The molecule has 0 saturated heterocycles. The van der Waals surface area contributed by atoms with Gasteiger partial charge in [-0.1, -0.05) is 0 Å². The highest BCUT2D eigenvalue weighted by atomic mass is 19.3. The highest BCUT2D eigenvalue weighted by molar-refractivity contribution is 5.80. The van der Waals surface area contributed by atoms with Crippen LogP contribution in [0.3, 0.4) is 0 Å². The number of halogens is 2. The Labute approximate surface area is 98.5 Å². The summed E-state index contributed by atoms with van der Waals surface area (Å²) in [4.78, 5) is 23.3. The molecule has 0 bridgehead atoms. The van der Waals surface area contributed by atoms with Gasteiger partial charge in [-0.15, -0.1) is 0 Å². The van der Waals surface area contributed by atoms with Crippen molar-refractivity contribution in [3.63, 3.8) is 0 Å². The summed E-state index contributed by atoms with van der Waals surface area (Å²) in [7, 11) is 1.30. The van der Waals surface area contributed by atoms with Crippen molar-refractivity contribution in [2.75, 3.05) is 26.7 Å². The highest BCUT2D eigenvalue weighted by Gasteiger charge is 2.29. The minimum absolute atomic E-state index is 0.000170. The lowest BCUT2D eigenvalue weighted by atomic mass is 10.4. The fraction of sp³-hybridized carbons (Fsp3) is 0.800. The third-order valence-electron chi connectivity index (χ3n) is 2.41. The zero-order chi connectivity index (χ0) is 12.8. The van der Waals surface area contributed by atoms with Crippen molar-refractivity contribution in [1.29, 1.82) is 0 Å². The normalized spacial score (nSPS) is 14.6. The van der Waals surface area contributed by atoms with Crippen LogP contribution >= 0.6 is 0 Å². The number of rotatable bonds is 6. The Kier molecular flexibility index (Phi) is 5.11. The Hall–Kier alpha value is -1.40. The second kappa shape index (κ2) is 6.36. The number of alkyl halides is 2. The average molecular weight is 249 g/mol. The summed E-state index contributed by atoms with van der Waals surface area (Å²) in [5.41, 5.74) is 0. The predicted octanol–water partition coefficient (Wildman–Crippen LogP) is 0.419. The van der Waals surface area contributed by atoms with E-state index in [1.165, 1.54) is 7.05 Å². The topological polar surface area (TPSA) is 61.4 Å². The standard InChI is InChI=1S/C10H17F2N3O2/c1-15(6-8(11)12)10(17)14-5-4-13-9(16)7-2-3-7/h7-8H,2-6H2,1H3,(H,13,16)(H,14,17). The lowest BCUT2D eigenvalue weighted by Crippen LogP contribution is -2.43. The summed E-state index contributed by atoms with van der Waals surface area (Å²) in [6.07, 6.45) is -0.690. The van der Waals surface area contributed by atoms with E-state index in [1.807, 2.05) is 0 Å². The van der Waals surface area contributed by atoms with Gasteiger partial charge in [-0.25, -0.2) is 13.6 Å². The molecule has 3 amide bonds. The number of hydrogen-bond donors (Lipinski definition) is 2. The third-order valence-corrected chi connectivity index (χ3v) is 2.41. The molecule has 0 radical (unpaired) electrons. The molecule has 2 N–H and O–H groups in total. The van der Waals surface area contributed by atoms with Crippen LogP contribution in [0.4, 0.5) is 13.6 Å². The van der Waals surface area contributed by atoms with Crippen LogP contribution in [-0.2, 0) is 4.79 Å².